The van der Waals surface area contributed by atoms with E-state index in [-0.39, 0.29) is 38.1 Å². The van der Waals surface area contributed by atoms with Crippen LogP contribution in [-0.4, -0.2) is 64.0 Å². The van der Waals surface area contributed by atoms with Crippen LogP contribution in [0.5, 0.6) is 5.75 Å². The number of carbonyl (C=O) groups is 2. The topological polar surface area (TPSA) is 65.8 Å². The van der Waals surface area contributed by atoms with Gasteiger partial charge in [-0.3, -0.25) is 14.5 Å². The predicted octanol–water partition coefficient (Wildman–Crippen LogP) is 3.40. The Morgan fingerprint density at radius 2 is 1.74 bits per heavy atom. The number of nitrogens with zero attached hydrogens (tertiary/aromatic N) is 3. The van der Waals surface area contributed by atoms with Crippen molar-refractivity contribution in [2.45, 2.75) is 31.1 Å². The molecule has 1 amide bonds. The number of piperidine rings is 1. The number of phenolic OH excluding ortho intramolecular Hbond substituents is 1. The number of aromatic hydroxyl groups is 1. The van der Waals surface area contributed by atoms with Gasteiger partial charge in [-0.05, 0) is 50.2 Å². The average molecular weight is 441 g/mol. The summed E-state index contributed by atoms with van der Waals surface area (Å²) in [5.74, 6) is -3.37. The molecule has 0 unspecified atom stereocenters. The fourth-order valence-corrected chi connectivity index (χ4v) is 4.68. The minimum atomic E-state index is -4.95. The number of likely N-dealkylation sites (tertiary alicyclic amines) is 1. The number of hydrogen-bond donors (Lipinski definition) is 1. The predicted molar refractivity (Wildman–Crippen MR) is 104 cm³/mol. The van der Waals surface area contributed by atoms with Gasteiger partial charge in [-0.2, -0.15) is 13.2 Å². The fraction of sp³-hybridized carbons (Fsp3) is 0.429. The molecule has 168 valence electrons. The second-order valence-electron chi connectivity index (χ2n) is 7.99. The number of benzene rings is 1. The van der Waals surface area contributed by atoms with E-state index in [2.05, 4.69) is 0 Å². The standard InChI is InChI=1S/C21H21F4N3O3.H2/c1-26-10-11-28-16(18(30)21(23,24)25)4-5-17(28)20(26)6-8-27(9-7-20)19(31)14-12-13(29)2-3-15(14)22;/h2-5,12,29H,6-11H2,1H3;1H. The second kappa shape index (κ2) is 7.37. The van der Waals surface area contributed by atoms with Gasteiger partial charge < -0.3 is 14.6 Å². The number of phenols is 1. The molecule has 0 radical (unpaired) electrons. The highest BCUT2D eigenvalue weighted by atomic mass is 19.4. The van der Waals surface area contributed by atoms with Crippen LogP contribution < -0.4 is 0 Å². The summed E-state index contributed by atoms with van der Waals surface area (Å²) in [6.45, 7) is 1.22. The summed E-state index contributed by atoms with van der Waals surface area (Å²) < 4.78 is 54.5. The zero-order chi connectivity index (χ0) is 22.6. The van der Waals surface area contributed by atoms with E-state index in [0.29, 0.717) is 25.1 Å². The minimum absolute atomic E-state index is 0. The minimum Gasteiger partial charge on any atom is -0.508 e. The molecule has 1 aromatic heterocycles. The third kappa shape index (κ3) is 3.48. The van der Waals surface area contributed by atoms with Gasteiger partial charge in [0.1, 0.15) is 11.6 Å². The van der Waals surface area contributed by atoms with Crippen LogP contribution in [0.2, 0.25) is 0 Å². The Morgan fingerprint density at radius 3 is 2.39 bits per heavy atom. The summed E-state index contributed by atoms with van der Waals surface area (Å²) in [6.07, 6.45) is -4.12. The molecule has 2 aromatic rings. The first-order valence-electron chi connectivity index (χ1n) is 9.85. The van der Waals surface area contributed by atoms with Crippen LogP contribution in [0, 0.1) is 5.82 Å². The van der Waals surface area contributed by atoms with Gasteiger partial charge in [0.25, 0.3) is 11.7 Å². The molecule has 1 aromatic carbocycles. The molecule has 0 saturated carbocycles. The Morgan fingerprint density at radius 1 is 1.06 bits per heavy atom. The highest BCUT2D eigenvalue weighted by Gasteiger charge is 2.48. The van der Waals surface area contributed by atoms with Gasteiger partial charge in [0.15, 0.2) is 0 Å². The summed E-state index contributed by atoms with van der Waals surface area (Å²) in [5, 5.41) is 9.58. The van der Waals surface area contributed by atoms with Gasteiger partial charge in [-0.15, -0.1) is 0 Å². The molecule has 1 spiro atoms. The molecule has 1 fully saturated rings. The molecule has 6 nitrogen and oxygen atoms in total. The third-order valence-electron chi connectivity index (χ3n) is 6.40. The number of aromatic nitrogens is 1. The van der Waals surface area contributed by atoms with Crippen molar-refractivity contribution in [1.29, 1.82) is 0 Å². The Kier molecular flexibility index (Phi) is 5.07. The normalized spacial score (nSPS) is 18.8. The lowest BCUT2D eigenvalue weighted by molar-refractivity contribution is -0.0892. The van der Waals surface area contributed by atoms with Crippen LogP contribution in [0.1, 0.15) is 40.8 Å². The fourth-order valence-electron chi connectivity index (χ4n) is 4.68. The Balaban J connectivity index is 0.00000289. The maximum Gasteiger partial charge on any atom is 0.456 e. The maximum atomic E-state index is 14.1. The Hall–Kier alpha value is -2.88. The summed E-state index contributed by atoms with van der Waals surface area (Å²) in [7, 11) is 1.87. The number of fused-ring (bicyclic) bond motifs is 2. The van der Waals surface area contributed by atoms with Gasteiger partial charge in [0.05, 0.1) is 16.8 Å². The van der Waals surface area contributed by atoms with Crippen molar-refractivity contribution in [2.24, 2.45) is 0 Å². The molecule has 31 heavy (non-hydrogen) atoms. The largest absolute Gasteiger partial charge is 0.508 e. The molecule has 0 atom stereocenters. The molecule has 0 bridgehead atoms. The molecular formula is C21H23F4N3O3. The number of amides is 1. The molecule has 0 aliphatic carbocycles. The van der Waals surface area contributed by atoms with Crippen LogP contribution in [0.4, 0.5) is 17.6 Å². The Labute approximate surface area is 177 Å². The first-order chi connectivity index (χ1) is 14.5. The second-order valence-corrected chi connectivity index (χ2v) is 7.99. The monoisotopic (exact) mass is 441 g/mol. The van der Waals surface area contributed by atoms with Crippen molar-refractivity contribution in [3.63, 3.8) is 0 Å². The molecular weight excluding hydrogens is 418 g/mol. The van der Waals surface area contributed by atoms with Crippen molar-refractivity contribution in [2.75, 3.05) is 26.7 Å². The summed E-state index contributed by atoms with van der Waals surface area (Å²) >= 11 is 0. The van der Waals surface area contributed by atoms with Gasteiger partial charge in [0, 0.05) is 33.3 Å². The molecule has 2 aliphatic heterocycles. The van der Waals surface area contributed by atoms with Crippen molar-refractivity contribution < 1.29 is 33.7 Å². The maximum absolute atomic E-state index is 14.1. The molecule has 3 heterocycles. The molecule has 10 heteroatoms. The van der Waals surface area contributed by atoms with Gasteiger partial charge in [-0.1, -0.05) is 0 Å². The summed E-state index contributed by atoms with van der Waals surface area (Å²) in [5.41, 5.74) is -0.620. The zero-order valence-corrected chi connectivity index (χ0v) is 16.7. The van der Waals surface area contributed by atoms with E-state index in [4.69, 9.17) is 0 Å². The number of halogens is 4. The number of ketones is 1. The van der Waals surface area contributed by atoms with E-state index >= 15 is 0 Å². The smallest absolute Gasteiger partial charge is 0.456 e. The number of alkyl halides is 3. The van der Waals surface area contributed by atoms with E-state index in [9.17, 15) is 32.3 Å². The third-order valence-corrected chi connectivity index (χ3v) is 6.40. The van der Waals surface area contributed by atoms with Crippen molar-refractivity contribution in [3.05, 3.63) is 53.1 Å². The first kappa shape index (κ1) is 21.4. The first-order valence-corrected chi connectivity index (χ1v) is 9.85. The van der Waals surface area contributed by atoms with Gasteiger partial charge in [-0.25, -0.2) is 4.39 Å². The lowest BCUT2D eigenvalue weighted by Gasteiger charge is -2.50. The highest BCUT2D eigenvalue weighted by molar-refractivity contribution is 5.99. The molecule has 2 aliphatic rings. The molecule has 1 N–H and O–H groups in total. The summed E-state index contributed by atoms with van der Waals surface area (Å²) in [6, 6.07) is 6.03. The van der Waals surface area contributed by atoms with E-state index in [1.54, 1.807) is 6.07 Å². The van der Waals surface area contributed by atoms with E-state index in [1.807, 2.05) is 11.9 Å². The average Bonchev–Trinajstić information content (AvgIpc) is 3.16. The van der Waals surface area contributed by atoms with E-state index in [1.165, 1.54) is 15.5 Å². The van der Waals surface area contributed by atoms with Crippen LogP contribution >= 0.6 is 0 Å². The highest BCUT2D eigenvalue weighted by Crippen LogP contribution is 2.42. The number of rotatable bonds is 2. The Bertz CT molecular complexity index is 1050. The molecule has 4 rings (SSSR count). The van der Waals surface area contributed by atoms with Crippen LogP contribution in [0.3, 0.4) is 0 Å². The zero-order valence-electron chi connectivity index (χ0n) is 16.7. The van der Waals surface area contributed by atoms with E-state index in [0.717, 1.165) is 18.2 Å². The van der Waals surface area contributed by atoms with Crippen LogP contribution in [-0.2, 0) is 12.1 Å². The van der Waals surface area contributed by atoms with Crippen LogP contribution in [0.25, 0.3) is 0 Å². The summed E-state index contributed by atoms with van der Waals surface area (Å²) in [4.78, 5) is 28.1. The number of carbonyl (C=O) groups excluding carboxylic acids is 2. The van der Waals surface area contributed by atoms with Crippen LogP contribution in [0.15, 0.2) is 30.3 Å². The van der Waals surface area contributed by atoms with Gasteiger partial charge >= 0.3 is 6.18 Å². The number of hydrogen-bond acceptors (Lipinski definition) is 4. The lowest BCUT2D eigenvalue weighted by Crippen LogP contribution is -2.56. The number of likely N-dealkylation sites (N-methyl/N-ethyl adjacent to an activating group) is 1. The quantitative estimate of drug-likeness (QED) is 0.573. The lowest BCUT2D eigenvalue weighted by atomic mass is 9.81. The van der Waals surface area contributed by atoms with Crippen molar-refractivity contribution in [1.82, 2.24) is 14.4 Å². The van der Waals surface area contributed by atoms with Crippen molar-refractivity contribution in [3.8, 4) is 5.75 Å². The SMILES string of the molecule is CN1CCn2c(C(=O)C(F)(F)F)ccc2C12CCN(C(=O)c1cc(O)ccc1F)CC2.[HH]. The molecule has 1 saturated heterocycles. The van der Waals surface area contributed by atoms with E-state index < -0.39 is 29.2 Å². The van der Waals surface area contributed by atoms with Gasteiger partial charge in [0.2, 0.25) is 0 Å². The number of Topliss-reactive ketones (excluding diaryl/α,β-unsaturated/α-hetero) is 1. The van der Waals surface area contributed by atoms with Crippen molar-refractivity contribution >= 4 is 11.7 Å².